The third-order valence-electron chi connectivity index (χ3n) is 5.72. The van der Waals surface area contributed by atoms with Gasteiger partial charge in [0.2, 0.25) is 10.1 Å². The molecule has 0 bridgehead atoms. The summed E-state index contributed by atoms with van der Waals surface area (Å²) >= 11 is 1.67. The van der Waals surface area contributed by atoms with Gasteiger partial charge in [0.25, 0.3) is 0 Å². The molecule has 0 aliphatic carbocycles. The molecule has 0 amide bonds. The predicted molar refractivity (Wildman–Crippen MR) is 112 cm³/mol. The van der Waals surface area contributed by atoms with Gasteiger partial charge in [-0.15, -0.1) is 5.10 Å². The van der Waals surface area contributed by atoms with Crippen molar-refractivity contribution in [3.8, 4) is 0 Å². The average molecular weight is 398 g/mol. The van der Waals surface area contributed by atoms with E-state index in [0.717, 1.165) is 48.6 Å². The fourth-order valence-corrected chi connectivity index (χ4v) is 5.01. The molecule has 1 aromatic carbocycles. The van der Waals surface area contributed by atoms with E-state index in [0.29, 0.717) is 6.04 Å². The Labute approximate surface area is 169 Å². The second-order valence-corrected chi connectivity index (χ2v) is 9.76. The van der Waals surface area contributed by atoms with Gasteiger partial charge in [0.05, 0.1) is 30.6 Å². The fraction of sp³-hybridized carbons (Fsp3) is 0.524. The van der Waals surface area contributed by atoms with Crippen LogP contribution in [0.25, 0.3) is 4.96 Å². The molecule has 148 valence electrons. The fourth-order valence-electron chi connectivity index (χ4n) is 4.11. The lowest BCUT2D eigenvalue weighted by atomic mass is 9.93. The Morgan fingerprint density at radius 3 is 2.75 bits per heavy atom. The maximum atomic E-state index is 6.11. The zero-order chi connectivity index (χ0) is 19.3. The van der Waals surface area contributed by atoms with Gasteiger partial charge in [-0.25, -0.2) is 9.50 Å². The number of anilines is 1. The lowest BCUT2D eigenvalue weighted by Crippen LogP contribution is -2.50. The first-order valence-corrected chi connectivity index (χ1v) is 10.8. The van der Waals surface area contributed by atoms with Crippen LogP contribution in [-0.2, 0) is 16.7 Å². The third-order valence-corrected chi connectivity index (χ3v) is 6.70. The molecule has 2 atom stereocenters. The highest BCUT2D eigenvalue weighted by Crippen LogP contribution is 2.32. The second-order valence-electron chi connectivity index (χ2n) is 8.83. The Kier molecular flexibility index (Phi) is 4.41. The Bertz CT molecular complexity index is 929. The van der Waals surface area contributed by atoms with E-state index in [1.807, 2.05) is 4.52 Å². The van der Waals surface area contributed by atoms with Crippen LogP contribution in [0.4, 0.5) is 5.13 Å². The molecule has 7 heteroatoms. The van der Waals surface area contributed by atoms with Crippen molar-refractivity contribution in [2.75, 3.05) is 31.1 Å². The predicted octanol–water partition coefficient (Wildman–Crippen LogP) is 3.18. The minimum Gasteiger partial charge on any atom is -0.373 e. The maximum Gasteiger partial charge on any atom is 0.214 e. The van der Waals surface area contributed by atoms with Crippen molar-refractivity contribution in [2.24, 2.45) is 0 Å². The molecule has 0 saturated carbocycles. The van der Waals surface area contributed by atoms with Crippen LogP contribution < -0.4 is 4.90 Å². The van der Waals surface area contributed by atoms with Crippen molar-refractivity contribution < 1.29 is 4.74 Å². The molecule has 28 heavy (non-hydrogen) atoms. The van der Waals surface area contributed by atoms with Crippen molar-refractivity contribution in [1.82, 2.24) is 19.5 Å². The summed E-state index contributed by atoms with van der Waals surface area (Å²) < 4.78 is 8.05. The van der Waals surface area contributed by atoms with Crippen molar-refractivity contribution in [1.29, 1.82) is 0 Å². The van der Waals surface area contributed by atoms with Gasteiger partial charge in [0.1, 0.15) is 0 Å². The summed E-state index contributed by atoms with van der Waals surface area (Å²) in [6.45, 7) is 11.2. The monoisotopic (exact) mass is 397 g/mol. The number of morpholine rings is 1. The topological polar surface area (TPSA) is 45.9 Å². The first kappa shape index (κ1) is 18.1. The highest BCUT2D eigenvalue weighted by atomic mass is 32.1. The van der Waals surface area contributed by atoms with E-state index in [9.17, 15) is 0 Å². The minimum atomic E-state index is 0.0436. The van der Waals surface area contributed by atoms with Crippen molar-refractivity contribution >= 4 is 21.4 Å². The number of aromatic nitrogens is 3. The molecule has 2 fully saturated rings. The Morgan fingerprint density at radius 2 is 2.00 bits per heavy atom. The van der Waals surface area contributed by atoms with Gasteiger partial charge in [0.15, 0.2) is 0 Å². The Morgan fingerprint density at radius 1 is 1.18 bits per heavy atom. The second kappa shape index (κ2) is 6.83. The first-order valence-electron chi connectivity index (χ1n) is 9.98. The lowest BCUT2D eigenvalue weighted by Gasteiger charge is -2.36. The van der Waals surface area contributed by atoms with Gasteiger partial charge in [-0.1, -0.05) is 62.4 Å². The van der Waals surface area contributed by atoms with Crippen LogP contribution in [0.15, 0.2) is 36.5 Å². The van der Waals surface area contributed by atoms with Crippen LogP contribution >= 0.6 is 11.3 Å². The smallest absolute Gasteiger partial charge is 0.214 e. The summed E-state index contributed by atoms with van der Waals surface area (Å²) in [5.74, 6) is 0. The summed E-state index contributed by atoms with van der Waals surface area (Å²) in [5.41, 5.74) is 2.50. The molecular formula is C21H27N5OS. The molecule has 0 spiro atoms. The molecule has 2 aromatic heterocycles. The van der Waals surface area contributed by atoms with Crippen LogP contribution in [0.5, 0.6) is 0 Å². The summed E-state index contributed by atoms with van der Waals surface area (Å²) in [5, 5.41) is 5.86. The Hall–Kier alpha value is -1.96. The SMILES string of the molecule is CC(C)(C)c1cn2nc(N3CC4OCCN(Cc5ccccc5)C4C3)sc2n1. The lowest BCUT2D eigenvalue weighted by molar-refractivity contribution is -0.0499. The molecule has 2 unspecified atom stereocenters. The van der Waals surface area contributed by atoms with Gasteiger partial charge >= 0.3 is 0 Å². The van der Waals surface area contributed by atoms with Gasteiger partial charge < -0.3 is 9.64 Å². The molecule has 6 nitrogen and oxygen atoms in total. The number of hydrogen-bond acceptors (Lipinski definition) is 6. The molecular weight excluding hydrogens is 370 g/mol. The summed E-state index contributed by atoms with van der Waals surface area (Å²) in [4.78, 5) is 10.7. The number of rotatable bonds is 3. The highest BCUT2D eigenvalue weighted by molar-refractivity contribution is 7.20. The summed E-state index contributed by atoms with van der Waals surface area (Å²) in [7, 11) is 0. The average Bonchev–Trinajstić information content (AvgIpc) is 3.34. The van der Waals surface area contributed by atoms with E-state index < -0.39 is 0 Å². The molecule has 2 aliphatic rings. The van der Waals surface area contributed by atoms with Crippen molar-refractivity contribution in [3.63, 3.8) is 0 Å². The zero-order valence-electron chi connectivity index (χ0n) is 16.7. The highest BCUT2D eigenvalue weighted by Gasteiger charge is 2.41. The van der Waals surface area contributed by atoms with Crippen LogP contribution in [0.1, 0.15) is 32.0 Å². The summed E-state index contributed by atoms with van der Waals surface area (Å²) in [6.07, 6.45) is 2.32. The minimum absolute atomic E-state index is 0.0436. The molecule has 5 rings (SSSR count). The number of nitrogens with zero attached hydrogens (tertiary/aromatic N) is 5. The normalized spacial score (nSPS) is 23.5. The van der Waals surface area contributed by atoms with Crippen molar-refractivity contribution in [2.45, 2.75) is 44.9 Å². The first-order chi connectivity index (χ1) is 13.5. The van der Waals surface area contributed by atoms with Gasteiger partial charge in [0, 0.05) is 31.6 Å². The Balaban J connectivity index is 1.34. The molecule has 0 N–H and O–H groups in total. The molecule has 3 aromatic rings. The molecule has 4 heterocycles. The van der Waals surface area contributed by atoms with E-state index in [4.69, 9.17) is 14.8 Å². The molecule has 0 radical (unpaired) electrons. The van der Waals surface area contributed by atoms with Crippen LogP contribution in [0.3, 0.4) is 0 Å². The molecule has 2 aliphatic heterocycles. The number of hydrogen-bond donors (Lipinski definition) is 0. The van der Waals surface area contributed by atoms with E-state index in [2.05, 4.69) is 67.1 Å². The number of ether oxygens (including phenoxy) is 1. The van der Waals surface area contributed by atoms with Gasteiger partial charge in [-0.3, -0.25) is 4.90 Å². The summed E-state index contributed by atoms with van der Waals surface area (Å²) in [6, 6.07) is 11.1. The zero-order valence-corrected chi connectivity index (χ0v) is 17.5. The van der Waals surface area contributed by atoms with Crippen LogP contribution in [0, 0.1) is 0 Å². The van der Waals surface area contributed by atoms with Crippen LogP contribution in [0.2, 0.25) is 0 Å². The van der Waals surface area contributed by atoms with Gasteiger partial charge in [-0.05, 0) is 5.56 Å². The van der Waals surface area contributed by atoms with E-state index >= 15 is 0 Å². The number of fused-ring (bicyclic) bond motifs is 2. The standard InChI is InChI=1S/C21H27N5OS/c1-21(2,3)18-14-26-19(22-18)28-20(23-26)25-12-16-17(13-25)27-10-9-24(16)11-15-7-5-4-6-8-15/h4-8,14,16-17H,9-13H2,1-3H3. The molecule has 2 saturated heterocycles. The van der Waals surface area contributed by atoms with Gasteiger partial charge in [-0.2, -0.15) is 0 Å². The van der Waals surface area contributed by atoms with Crippen molar-refractivity contribution in [3.05, 3.63) is 47.8 Å². The van der Waals surface area contributed by atoms with E-state index in [1.165, 1.54) is 5.56 Å². The van der Waals surface area contributed by atoms with Crippen LogP contribution in [-0.4, -0.2) is 57.9 Å². The van der Waals surface area contributed by atoms with E-state index in [1.54, 1.807) is 11.3 Å². The number of benzene rings is 1. The van der Waals surface area contributed by atoms with E-state index in [-0.39, 0.29) is 11.5 Å². The maximum absolute atomic E-state index is 6.11. The quantitative estimate of drug-likeness (QED) is 0.679. The largest absolute Gasteiger partial charge is 0.373 e. The third kappa shape index (κ3) is 3.32. The number of imidazole rings is 1.